The van der Waals surface area contributed by atoms with E-state index in [1.54, 1.807) is 24.1 Å². The molecule has 3 rings (SSSR count). The van der Waals surface area contributed by atoms with Crippen LogP contribution in [0.25, 0.3) is 0 Å². The van der Waals surface area contributed by atoms with Crippen LogP contribution in [0.5, 0.6) is 0 Å². The van der Waals surface area contributed by atoms with Crippen molar-refractivity contribution in [3.63, 3.8) is 0 Å². The van der Waals surface area contributed by atoms with Crippen molar-refractivity contribution in [2.75, 3.05) is 7.05 Å². The van der Waals surface area contributed by atoms with Crippen LogP contribution >= 0.6 is 11.5 Å². The number of aromatic nitrogens is 5. The smallest absolute Gasteiger partial charge is 0.254 e. The molecule has 0 aliphatic carbocycles. The van der Waals surface area contributed by atoms with Gasteiger partial charge in [0.15, 0.2) is 5.82 Å². The van der Waals surface area contributed by atoms with Crippen molar-refractivity contribution < 1.29 is 4.79 Å². The van der Waals surface area contributed by atoms with Crippen LogP contribution in [-0.4, -0.2) is 42.4 Å². The molecule has 2 aromatic heterocycles. The third-order valence-electron chi connectivity index (χ3n) is 3.21. The number of benzene rings is 1. The number of aryl methyl sites for hydroxylation is 1. The van der Waals surface area contributed by atoms with Crippen LogP contribution in [0.15, 0.2) is 36.4 Å². The molecule has 8 heteroatoms. The highest BCUT2D eigenvalue weighted by atomic mass is 32.1. The van der Waals surface area contributed by atoms with Gasteiger partial charge in [-0.05, 0) is 41.9 Å². The van der Waals surface area contributed by atoms with Crippen molar-refractivity contribution in [3.05, 3.63) is 58.4 Å². The molecule has 23 heavy (non-hydrogen) atoms. The van der Waals surface area contributed by atoms with Gasteiger partial charge in [-0.3, -0.25) is 4.79 Å². The van der Waals surface area contributed by atoms with Gasteiger partial charge in [0.1, 0.15) is 0 Å². The summed E-state index contributed by atoms with van der Waals surface area (Å²) in [7, 11) is 1.72. The van der Waals surface area contributed by atoms with E-state index in [0.717, 1.165) is 10.6 Å². The second-order valence-corrected chi connectivity index (χ2v) is 6.09. The number of carbonyl (C=O) groups is 1. The van der Waals surface area contributed by atoms with Crippen LogP contribution in [0, 0.1) is 6.92 Å². The predicted octanol–water partition coefficient (Wildman–Crippen LogP) is 1.76. The van der Waals surface area contributed by atoms with Crippen LogP contribution in [0.1, 0.15) is 26.8 Å². The fraction of sp³-hybridized carbons (Fsp3) is 0.267. The summed E-state index contributed by atoms with van der Waals surface area (Å²) in [5.41, 5.74) is 1.63. The average molecular weight is 328 g/mol. The van der Waals surface area contributed by atoms with Crippen molar-refractivity contribution in [1.29, 1.82) is 0 Å². The third-order valence-corrected chi connectivity index (χ3v) is 4.08. The molecule has 0 saturated carbocycles. The molecule has 0 unspecified atom stereocenters. The molecule has 7 nitrogen and oxygen atoms in total. The Balaban J connectivity index is 1.63. The lowest BCUT2D eigenvalue weighted by Crippen LogP contribution is -2.26. The largest absolute Gasteiger partial charge is 0.334 e. The summed E-state index contributed by atoms with van der Waals surface area (Å²) in [6.07, 6.45) is 0. The average Bonchev–Trinajstić information content (AvgIpc) is 3.17. The first-order valence-corrected chi connectivity index (χ1v) is 7.88. The van der Waals surface area contributed by atoms with Gasteiger partial charge < -0.3 is 4.90 Å². The minimum atomic E-state index is -0.0694. The molecule has 0 spiro atoms. The Hall–Kier alpha value is -2.61. The predicted molar refractivity (Wildman–Crippen MR) is 86.0 cm³/mol. The monoisotopic (exact) mass is 328 g/mol. The minimum absolute atomic E-state index is 0.0694. The van der Waals surface area contributed by atoms with Crippen LogP contribution in [0.3, 0.4) is 0 Å². The highest BCUT2D eigenvalue weighted by Crippen LogP contribution is 2.10. The highest BCUT2D eigenvalue weighted by Gasteiger charge is 2.14. The zero-order valence-electron chi connectivity index (χ0n) is 12.9. The fourth-order valence-corrected chi connectivity index (χ4v) is 2.83. The zero-order valence-corrected chi connectivity index (χ0v) is 13.7. The lowest BCUT2D eigenvalue weighted by Gasteiger charge is -2.14. The van der Waals surface area contributed by atoms with E-state index in [0.29, 0.717) is 24.5 Å². The maximum absolute atomic E-state index is 12.3. The van der Waals surface area contributed by atoms with Crippen LogP contribution in [0.2, 0.25) is 0 Å². The maximum atomic E-state index is 12.3. The Morgan fingerprint density at radius 1 is 1.30 bits per heavy atom. The molecule has 0 N–H and O–H groups in total. The van der Waals surface area contributed by atoms with Gasteiger partial charge in [0.25, 0.3) is 5.91 Å². The molecule has 0 radical (unpaired) electrons. The van der Waals surface area contributed by atoms with Crippen LogP contribution in [0.4, 0.5) is 0 Å². The zero-order chi connectivity index (χ0) is 16.2. The molecule has 118 valence electrons. The SMILES string of the molecule is Cc1cc(Cn2nnc(CN(C)C(=O)c3ccccc3)n2)sn1. The van der Waals surface area contributed by atoms with Crippen molar-refractivity contribution >= 4 is 17.4 Å². The number of rotatable bonds is 5. The normalized spacial score (nSPS) is 10.7. The van der Waals surface area contributed by atoms with E-state index in [2.05, 4.69) is 19.8 Å². The first-order valence-electron chi connectivity index (χ1n) is 7.11. The third kappa shape index (κ3) is 3.78. The van der Waals surface area contributed by atoms with E-state index in [-0.39, 0.29) is 5.91 Å². The molecule has 0 bridgehead atoms. The minimum Gasteiger partial charge on any atom is -0.334 e. The van der Waals surface area contributed by atoms with Gasteiger partial charge in [-0.2, -0.15) is 9.17 Å². The first kappa shape index (κ1) is 15.3. The molecular weight excluding hydrogens is 312 g/mol. The number of carbonyl (C=O) groups excluding carboxylic acids is 1. The van der Waals surface area contributed by atoms with Gasteiger partial charge in [0, 0.05) is 17.5 Å². The van der Waals surface area contributed by atoms with Crippen molar-refractivity contribution in [2.24, 2.45) is 0 Å². The van der Waals surface area contributed by atoms with E-state index in [9.17, 15) is 4.79 Å². The number of nitrogens with zero attached hydrogens (tertiary/aromatic N) is 6. The second-order valence-electron chi connectivity index (χ2n) is 5.20. The summed E-state index contributed by atoms with van der Waals surface area (Å²) in [5.74, 6) is 0.443. The summed E-state index contributed by atoms with van der Waals surface area (Å²) in [6, 6.07) is 11.1. The Kier molecular flexibility index (Phi) is 4.42. The van der Waals surface area contributed by atoms with Gasteiger partial charge in [-0.15, -0.1) is 10.2 Å². The number of hydrogen-bond donors (Lipinski definition) is 0. The van der Waals surface area contributed by atoms with E-state index in [1.807, 2.05) is 31.2 Å². The van der Waals surface area contributed by atoms with Crippen molar-refractivity contribution in [3.8, 4) is 0 Å². The fourth-order valence-electron chi connectivity index (χ4n) is 2.12. The van der Waals surface area contributed by atoms with Gasteiger partial charge >= 0.3 is 0 Å². The summed E-state index contributed by atoms with van der Waals surface area (Å²) in [6.45, 7) is 2.80. The van der Waals surface area contributed by atoms with E-state index < -0.39 is 0 Å². The number of hydrogen-bond acceptors (Lipinski definition) is 6. The molecule has 2 heterocycles. The Morgan fingerprint density at radius 2 is 2.09 bits per heavy atom. The molecule has 0 atom stereocenters. The molecule has 0 saturated heterocycles. The van der Waals surface area contributed by atoms with Crippen LogP contribution in [-0.2, 0) is 13.1 Å². The first-order chi connectivity index (χ1) is 11.1. The summed E-state index contributed by atoms with van der Waals surface area (Å²) >= 11 is 1.43. The Labute approximate surface area is 137 Å². The molecule has 0 aliphatic rings. The summed E-state index contributed by atoms with van der Waals surface area (Å²) in [4.78, 5) is 16.4. The van der Waals surface area contributed by atoms with Gasteiger partial charge in [0.05, 0.1) is 18.8 Å². The van der Waals surface area contributed by atoms with Crippen LogP contribution < -0.4 is 0 Å². The lowest BCUT2D eigenvalue weighted by atomic mass is 10.2. The second kappa shape index (κ2) is 6.66. The Morgan fingerprint density at radius 3 is 2.78 bits per heavy atom. The maximum Gasteiger partial charge on any atom is 0.254 e. The van der Waals surface area contributed by atoms with E-state index in [4.69, 9.17) is 0 Å². The van der Waals surface area contributed by atoms with Gasteiger partial charge in [-0.25, -0.2) is 0 Å². The number of amides is 1. The summed E-state index contributed by atoms with van der Waals surface area (Å²) < 4.78 is 4.22. The Bertz CT molecular complexity index is 797. The standard InChI is InChI=1S/C15H16N6OS/c1-11-8-13(23-18-11)9-21-17-14(16-19-21)10-20(2)15(22)12-6-4-3-5-7-12/h3-8H,9-10H2,1-2H3. The molecule has 3 aromatic rings. The quantitative estimate of drug-likeness (QED) is 0.713. The molecule has 0 fully saturated rings. The number of tetrazole rings is 1. The van der Waals surface area contributed by atoms with E-state index in [1.165, 1.54) is 16.3 Å². The molecular formula is C15H16N6OS. The van der Waals surface area contributed by atoms with Crippen molar-refractivity contribution in [2.45, 2.75) is 20.0 Å². The van der Waals surface area contributed by atoms with Gasteiger partial charge in [-0.1, -0.05) is 18.2 Å². The molecule has 1 amide bonds. The van der Waals surface area contributed by atoms with Crippen molar-refractivity contribution in [1.82, 2.24) is 29.5 Å². The highest BCUT2D eigenvalue weighted by molar-refractivity contribution is 7.05. The summed E-state index contributed by atoms with van der Waals surface area (Å²) in [5, 5.41) is 12.3. The molecule has 0 aliphatic heterocycles. The molecule has 1 aromatic carbocycles. The van der Waals surface area contributed by atoms with Gasteiger partial charge in [0.2, 0.25) is 0 Å². The topological polar surface area (TPSA) is 76.8 Å². The van der Waals surface area contributed by atoms with E-state index >= 15 is 0 Å². The lowest BCUT2D eigenvalue weighted by molar-refractivity contribution is 0.0781.